The van der Waals surface area contributed by atoms with Crippen molar-refractivity contribution in [1.82, 2.24) is 9.78 Å². The fourth-order valence-electron chi connectivity index (χ4n) is 2.78. The molecule has 1 saturated carbocycles. The van der Waals surface area contributed by atoms with E-state index in [1.165, 1.54) is 19.3 Å². The monoisotopic (exact) mass is 298 g/mol. The molecule has 0 aliphatic heterocycles. The zero-order chi connectivity index (χ0) is 12.4. The Morgan fingerprint density at radius 2 is 2.35 bits per heavy atom. The molecule has 1 heterocycles. The summed E-state index contributed by atoms with van der Waals surface area (Å²) >= 11 is 3.41. The molecule has 2 rings (SSSR count). The third-order valence-corrected chi connectivity index (χ3v) is 4.44. The van der Waals surface area contributed by atoms with E-state index in [1.54, 1.807) is 10.9 Å². The standard InChI is InChI=1S/C13H19BrN2O/c1-3-9-5-4-6-10(7-9)13(17)12-11(14)8-15-16(12)2/h8-10H,3-7H2,1-2H3. The number of aryl methyl sites for hydroxylation is 1. The van der Waals surface area contributed by atoms with E-state index >= 15 is 0 Å². The van der Waals surface area contributed by atoms with Crippen molar-refractivity contribution in [2.45, 2.75) is 39.0 Å². The second-order valence-corrected chi connectivity index (χ2v) is 5.82. The van der Waals surface area contributed by atoms with Crippen LogP contribution in [0, 0.1) is 11.8 Å². The summed E-state index contributed by atoms with van der Waals surface area (Å²) in [5, 5.41) is 4.12. The number of rotatable bonds is 3. The lowest BCUT2D eigenvalue weighted by atomic mass is 9.78. The van der Waals surface area contributed by atoms with Crippen LogP contribution in [0.3, 0.4) is 0 Å². The lowest BCUT2D eigenvalue weighted by molar-refractivity contribution is 0.0851. The summed E-state index contributed by atoms with van der Waals surface area (Å²) in [4.78, 5) is 12.5. The zero-order valence-electron chi connectivity index (χ0n) is 10.4. The van der Waals surface area contributed by atoms with Crippen LogP contribution >= 0.6 is 15.9 Å². The fourth-order valence-corrected chi connectivity index (χ4v) is 3.32. The van der Waals surface area contributed by atoms with Crippen molar-refractivity contribution in [3.63, 3.8) is 0 Å². The molecule has 4 heteroatoms. The van der Waals surface area contributed by atoms with Crippen molar-refractivity contribution in [1.29, 1.82) is 0 Å². The maximum absolute atomic E-state index is 12.5. The van der Waals surface area contributed by atoms with Gasteiger partial charge in [0, 0.05) is 13.0 Å². The van der Waals surface area contributed by atoms with Crippen LogP contribution in [-0.4, -0.2) is 15.6 Å². The average molecular weight is 299 g/mol. The highest BCUT2D eigenvalue weighted by Crippen LogP contribution is 2.34. The van der Waals surface area contributed by atoms with Crippen LogP contribution in [0.2, 0.25) is 0 Å². The molecule has 0 bridgehead atoms. The molecule has 1 fully saturated rings. The predicted octanol–water partition coefficient (Wildman–Crippen LogP) is 3.58. The van der Waals surface area contributed by atoms with E-state index in [0.717, 1.165) is 28.9 Å². The van der Waals surface area contributed by atoms with Gasteiger partial charge in [-0.1, -0.05) is 26.2 Å². The maximum atomic E-state index is 12.5. The third kappa shape index (κ3) is 2.62. The van der Waals surface area contributed by atoms with Crippen molar-refractivity contribution in [2.75, 3.05) is 0 Å². The minimum atomic E-state index is 0.195. The molecule has 2 atom stereocenters. The van der Waals surface area contributed by atoms with Gasteiger partial charge >= 0.3 is 0 Å². The van der Waals surface area contributed by atoms with E-state index in [1.807, 2.05) is 7.05 Å². The van der Waals surface area contributed by atoms with E-state index < -0.39 is 0 Å². The van der Waals surface area contributed by atoms with E-state index in [0.29, 0.717) is 0 Å². The molecule has 1 aromatic heterocycles. The Balaban J connectivity index is 2.15. The van der Waals surface area contributed by atoms with Crippen LogP contribution in [0.5, 0.6) is 0 Å². The molecular weight excluding hydrogens is 280 g/mol. The predicted molar refractivity (Wildman–Crippen MR) is 71.0 cm³/mol. The van der Waals surface area contributed by atoms with E-state index in [4.69, 9.17) is 0 Å². The number of hydrogen-bond acceptors (Lipinski definition) is 2. The summed E-state index contributed by atoms with van der Waals surface area (Å²) in [5.41, 5.74) is 0.728. The summed E-state index contributed by atoms with van der Waals surface area (Å²) in [7, 11) is 1.83. The van der Waals surface area contributed by atoms with Crippen LogP contribution < -0.4 is 0 Å². The number of hydrogen-bond donors (Lipinski definition) is 0. The normalized spacial score (nSPS) is 24.9. The highest BCUT2D eigenvalue weighted by molar-refractivity contribution is 9.10. The van der Waals surface area contributed by atoms with Gasteiger partial charge < -0.3 is 0 Å². The van der Waals surface area contributed by atoms with Crippen LogP contribution in [0.4, 0.5) is 0 Å². The SMILES string of the molecule is CCC1CCCC(C(=O)c2c(Br)cnn2C)C1. The number of carbonyl (C=O) groups excluding carboxylic acids is 1. The number of ketones is 1. The molecule has 1 aliphatic rings. The molecule has 0 amide bonds. The molecule has 0 radical (unpaired) electrons. The van der Waals surface area contributed by atoms with E-state index in [-0.39, 0.29) is 11.7 Å². The smallest absolute Gasteiger partial charge is 0.185 e. The number of nitrogens with zero attached hydrogens (tertiary/aromatic N) is 2. The van der Waals surface area contributed by atoms with Crippen molar-refractivity contribution in [3.8, 4) is 0 Å². The number of carbonyl (C=O) groups is 1. The molecule has 94 valence electrons. The van der Waals surface area contributed by atoms with Gasteiger partial charge in [0.05, 0.1) is 10.7 Å². The first-order chi connectivity index (χ1) is 8.13. The Morgan fingerprint density at radius 3 is 2.94 bits per heavy atom. The molecule has 3 nitrogen and oxygen atoms in total. The molecule has 0 spiro atoms. The van der Waals surface area contributed by atoms with Gasteiger partial charge in [0.2, 0.25) is 0 Å². The second-order valence-electron chi connectivity index (χ2n) is 4.97. The zero-order valence-corrected chi connectivity index (χ0v) is 12.0. The van der Waals surface area contributed by atoms with Gasteiger partial charge in [-0.25, -0.2) is 0 Å². The Hall–Kier alpha value is -0.640. The number of Topliss-reactive ketones (excluding diaryl/α,β-unsaturated/α-hetero) is 1. The first-order valence-corrected chi connectivity index (χ1v) is 7.14. The minimum absolute atomic E-state index is 0.195. The molecular formula is C13H19BrN2O. The Labute approximate surface area is 111 Å². The van der Waals surface area contributed by atoms with Crippen molar-refractivity contribution < 1.29 is 4.79 Å². The summed E-state index contributed by atoms with van der Waals surface area (Å²) in [5.74, 6) is 1.18. The van der Waals surface area contributed by atoms with Gasteiger partial charge in [-0.3, -0.25) is 9.48 Å². The summed E-state index contributed by atoms with van der Waals surface area (Å²) in [6.45, 7) is 2.22. The van der Waals surface area contributed by atoms with Gasteiger partial charge in [0.15, 0.2) is 5.78 Å². The lowest BCUT2D eigenvalue weighted by Crippen LogP contribution is -2.24. The van der Waals surface area contributed by atoms with Crippen LogP contribution in [0.25, 0.3) is 0 Å². The molecule has 2 unspecified atom stereocenters. The van der Waals surface area contributed by atoms with Crippen molar-refractivity contribution in [2.24, 2.45) is 18.9 Å². The highest BCUT2D eigenvalue weighted by Gasteiger charge is 2.29. The van der Waals surface area contributed by atoms with Gasteiger partial charge in [-0.05, 0) is 34.7 Å². The second kappa shape index (κ2) is 5.34. The molecule has 1 aromatic rings. The first kappa shape index (κ1) is 12.8. The quantitative estimate of drug-likeness (QED) is 0.800. The molecule has 17 heavy (non-hydrogen) atoms. The summed E-state index contributed by atoms with van der Waals surface area (Å²) in [6, 6.07) is 0. The van der Waals surface area contributed by atoms with Crippen LogP contribution in [0.15, 0.2) is 10.7 Å². The van der Waals surface area contributed by atoms with E-state index in [9.17, 15) is 4.79 Å². The molecule has 1 aliphatic carbocycles. The van der Waals surface area contributed by atoms with Crippen molar-refractivity contribution in [3.05, 3.63) is 16.4 Å². The van der Waals surface area contributed by atoms with Crippen LogP contribution in [0.1, 0.15) is 49.5 Å². The van der Waals surface area contributed by atoms with E-state index in [2.05, 4.69) is 28.0 Å². The molecule has 0 saturated heterocycles. The van der Waals surface area contributed by atoms with Gasteiger partial charge in [-0.15, -0.1) is 0 Å². The Morgan fingerprint density at radius 1 is 1.59 bits per heavy atom. The highest BCUT2D eigenvalue weighted by atomic mass is 79.9. The largest absolute Gasteiger partial charge is 0.292 e. The van der Waals surface area contributed by atoms with Gasteiger partial charge in [0.1, 0.15) is 5.69 Å². The Bertz CT molecular complexity index is 394. The molecule has 0 aromatic carbocycles. The van der Waals surface area contributed by atoms with Gasteiger partial charge in [-0.2, -0.15) is 5.10 Å². The minimum Gasteiger partial charge on any atom is -0.292 e. The van der Waals surface area contributed by atoms with Crippen LogP contribution in [-0.2, 0) is 7.05 Å². The topological polar surface area (TPSA) is 34.9 Å². The fraction of sp³-hybridized carbons (Fsp3) is 0.692. The molecule has 0 N–H and O–H groups in total. The number of aromatic nitrogens is 2. The summed E-state index contributed by atoms with van der Waals surface area (Å²) in [6.07, 6.45) is 7.45. The Kier molecular flexibility index (Phi) is 4.02. The third-order valence-electron chi connectivity index (χ3n) is 3.86. The van der Waals surface area contributed by atoms with Crippen molar-refractivity contribution >= 4 is 21.7 Å². The number of halogens is 1. The first-order valence-electron chi connectivity index (χ1n) is 6.35. The van der Waals surface area contributed by atoms with Gasteiger partial charge in [0.25, 0.3) is 0 Å². The lowest BCUT2D eigenvalue weighted by Gasteiger charge is -2.27. The average Bonchev–Trinajstić information content (AvgIpc) is 2.68. The summed E-state index contributed by atoms with van der Waals surface area (Å²) < 4.78 is 2.51. The maximum Gasteiger partial charge on any atom is 0.185 e.